The Morgan fingerprint density at radius 1 is 0.286 bits per heavy atom. The standard InChI is InChI=1S/C54H35NS/c1-4-16-38(17-5-1)49-45-24-10-11-25-46(45)52-51(40-20-8-3-9-21-40)53(56-54(52)50(49)39-18-6-2-7-19-39)41-30-28-36(29-31-41)37-32-34-42(35-33-37)55-47-26-14-12-22-43(47)44-23-13-15-27-48(44)55/h1-35H. The number of fused-ring (bicyclic) bond motifs is 6. The number of thiophene rings is 1. The van der Waals surface area contributed by atoms with Gasteiger partial charge in [-0.25, -0.2) is 0 Å². The lowest BCUT2D eigenvalue weighted by Crippen LogP contribution is -1.93. The van der Waals surface area contributed by atoms with Gasteiger partial charge in [0.05, 0.1) is 11.0 Å². The van der Waals surface area contributed by atoms with Crippen LogP contribution in [-0.2, 0) is 0 Å². The summed E-state index contributed by atoms with van der Waals surface area (Å²) in [5, 5.41) is 6.42. The van der Waals surface area contributed by atoms with Gasteiger partial charge in [0.2, 0.25) is 0 Å². The predicted molar refractivity (Wildman–Crippen MR) is 241 cm³/mol. The summed E-state index contributed by atoms with van der Waals surface area (Å²) in [4.78, 5) is 1.28. The molecule has 0 N–H and O–H groups in total. The van der Waals surface area contributed by atoms with Crippen molar-refractivity contribution in [3.8, 4) is 60.6 Å². The van der Waals surface area contributed by atoms with E-state index in [1.165, 1.54) is 97.6 Å². The summed E-state index contributed by atoms with van der Waals surface area (Å²) >= 11 is 1.92. The van der Waals surface area contributed by atoms with Crippen LogP contribution in [0.5, 0.6) is 0 Å². The Kier molecular flexibility index (Phi) is 7.75. The maximum atomic E-state index is 2.38. The molecule has 0 spiro atoms. The average Bonchev–Trinajstić information content (AvgIpc) is 3.84. The minimum Gasteiger partial charge on any atom is -0.309 e. The van der Waals surface area contributed by atoms with E-state index >= 15 is 0 Å². The van der Waals surface area contributed by atoms with E-state index in [9.17, 15) is 0 Å². The van der Waals surface area contributed by atoms with Crippen LogP contribution in [0.3, 0.4) is 0 Å². The van der Waals surface area contributed by atoms with Crippen LogP contribution in [-0.4, -0.2) is 4.57 Å². The van der Waals surface area contributed by atoms with Gasteiger partial charge < -0.3 is 4.57 Å². The van der Waals surface area contributed by atoms with Crippen molar-refractivity contribution < 1.29 is 0 Å². The van der Waals surface area contributed by atoms with Crippen LogP contribution in [0.1, 0.15) is 0 Å². The molecule has 262 valence electrons. The summed E-state index contributed by atoms with van der Waals surface area (Å²) in [5.41, 5.74) is 14.8. The molecule has 9 aromatic carbocycles. The third-order valence-electron chi connectivity index (χ3n) is 11.2. The van der Waals surface area contributed by atoms with Crippen LogP contribution in [0, 0.1) is 0 Å². The molecule has 0 saturated heterocycles. The summed E-state index contributed by atoms with van der Waals surface area (Å²) in [6.07, 6.45) is 0. The summed E-state index contributed by atoms with van der Waals surface area (Å²) < 4.78 is 3.69. The lowest BCUT2D eigenvalue weighted by molar-refractivity contribution is 1.18. The van der Waals surface area contributed by atoms with Gasteiger partial charge >= 0.3 is 0 Å². The number of nitrogens with zero attached hydrogens (tertiary/aromatic N) is 1. The molecular formula is C54H35NS. The van der Waals surface area contributed by atoms with E-state index < -0.39 is 0 Å². The average molecular weight is 730 g/mol. The largest absolute Gasteiger partial charge is 0.309 e. The van der Waals surface area contributed by atoms with Gasteiger partial charge in [0, 0.05) is 42.6 Å². The van der Waals surface area contributed by atoms with Crippen LogP contribution in [0.2, 0.25) is 0 Å². The molecule has 11 aromatic rings. The van der Waals surface area contributed by atoms with Crippen molar-refractivity contribution in [3.63, 3.8) is 0 Å². The van der Waals surface area contributed by atoms with Crippen LogP contribution in [0.4, 0.5) is 0 Å². The molecule has 0 aliphatic carbocycles. The maximum Gasteiger partial charge on any atom is 0.0541 e. The lowest BCUT2D eigenvalue weighted by atomic mass is 9.86. The van der Waals surface area contributed by atoms with Gasteiger partial charge in [0.1, 0.15) is 0 Å². The van der Waals surface area contributed by atoms with Crippen LogP contribution < -0.4 is 0 Å². The molecule has 2 heterocycles. The molecule has 0 fully saturated rings. The molecular weight excluding hydrogens is 695 g/mol. The fourth-order valence-electron chi connectivity index (χ4n) is 8.72. The van der Waals surface area contributed by atoms with Gasteiger partial charge in [-0.2, -0.15) is 0 Å². The van der Waals surface area contributed by atoms with Gasteiger partial charge in [-0.15, -0.1) is 11.3 Å². The highest BCUT2D eigenvalue weighted by Gasteiger charge is 2.25. The molecule has 1 nitrogen and oxygen atoms in total. The first kappa shape index (κ1) is 32.4. The summed E-state index contributed by atoms with van der Waals surface area (Å²) in [6, 6.07) is 77.4. The number of hydrogen-bond acceptors (Lipinski definition) is 1. The molecule has 2 aromatic heterocycles. The van der Waals surface area contributed by atoms with Crippen LogP contribution in [0.15, 0.2) is 212 Å². The highest BCUT2D eigenvalue weighted by molar-refractivity contribution is 7.24. The van der Waals surface area contributed by atoms with E-state index in [4.69, 9.17) is 0 Å². The zero-order valence-electron chi connectivity index (χ0n) is 30.6. The van der Waals surface area contributed by atoms with E-state index in [0.717, 1.165) is 5.69 Å². The second-order valence-corrected chi connectivity index (χ2v) is 15.4. The summed E-state index contributed by atoms with van der Waals surface area (Å²) in [6.45, 7) is 0. The SMILES string of the molecule is c1ccc(-c2c(-c3ccccc3)c3sc(-c4ccc(-c5ccc(-n6c7ccccc7c7ccccc76)cc5)cc4)c(-c4ccccc4)c3c3ccccc23)cc1. The topological polar surface area (TPSA) is 4.93 Å². The molecule has 0 bridgehead atoms. The van der Waals surface area contributed by atoms with E-state index in [-0.39, 0.29) is 0 Å². The first-order valence-electron chi connectivity index (χ1n) is 19.2. The van der Waals surface area contributed by atoms with Crippen molar-refractivity contribution in [3.05, 3.63) is 212 Å². The van der Waals surface area contributed by atoms with E-state index in [0.29, 0.717) is 0 Å². The quantitative estimate of drug-likeness (QED) is 0.161. The van der Waals surface area contributed by atoms with Crippen molar-refractivity contribution in [2.75, 3.05) is 0 Å². The van der Waals surface area contributed by atoms with Crippen molar-refractivity contribution in [1.29, 1.82) is 0 Å². The minimum atomic E-state index is 1.16. The summed E-state index contributed by atoms with van der Waals surface area (Å²) in [7, 11) is 0. The Bertz CT molecular complexity index is 3140. The van der Waals surface area contributed by atoms with Gasteiger partial charge in [0.15, 0.2) is 0 Å². The molecule has 0 aliphatic rings. The lowest BCUT2D eigenvalue weighted by Gasteiger charge is -2.17. The molecule has 0 radical (unpaired) electrons. The number of benzene rings is 9. The van der Waals surface area contributed by atoms with Gasteiger partial charge in [0.25, 0.3) is 0 Å². The Morgan fingerprint density at radius 2 is 0.696 bits per heavy atom. The molecule has 56 heavy (non-hydrogen) atoms. The second-order valence-electron chi connectivity index (χ2n) is 14.4. The Hall–Kier alpha value is -7.00. The molecule has 0 unspecified atom stereocenters. The molecule has 0 amide bonds. The van der Waals surface area contributed by atoms with Gasteiger partial charge in [-0.3, -0.25) is 0 Å². The van der Waals surface area contributed by atoms with Gasteiger partial charge in [-0.1, -0.05) is 188 Å². The predicted octanol–water partition coefficient (Wildman–Crippen LogP) is 15.5. The summed E-state index contributed by atoms with van der Waals surface area (Å²) in [5.74, 6) is 0. The smallest absolute Gasteiger partial charge is 0.0541 e. The number of para-hydroxylation sites is 2. The van der Waals surface area contributed by atoms with Crippen LogP contribution in [0.25, 0.3) is 103 Å². The zero-order valence-corrected chi connectivity index (χ0v) is 31.4. The third kappa shape index (κ3) is 5.22. The fraction of sp³-hybridized carbons (Fsp3) is 0. The van der Waals surface area contributed by atoms with Crippen molar-refractivity contribution in [1.82, 2.24) is 4.57 Å². The van der Waals surface area contributed by atoms with Gasteiger partial charge in [-0.05, 0) is 74.0 Å². The Morgan fingerprint density at radius 3 is 1.25 bits per heavy atom. The molecule has 0 aliphatic heterocycles. The fourth-order valence-corrected chi connectivity index (χ4v) is 10.1. The van der Waals surface area contributed by atoms with E-state index in [1.807, 2.05) is 11.3 Å². The number of aromatic nitrogens is 1. The minimum absolute atomic E-state index is 1.16. The van der Waals surface area contributed by atoms with E-state index in [1.54, 1.807) is 0 Å². The second kappa shape index (κ2) is 13.4. The van der Waals surface area contributed by atoms with Crippen molar-refractivity contribution >= 4 is 54.0 Å². The maximum absolute atomic E-state index is 2.38. The molecule has 0 atom stereocenters. The Labute approximate surface area is 330 Å². The first-order chi connectivity index (χ1) is 27.8. The number of hydrogen-bond donors (Lipinski definition) is 0. The molecule has 11 rings (SSSR count). The third-order valence-corrected chi connectivity index (χ3v) is 12.5. The highest BCUT2D eigenvalue weighted by Crippen LogP contribution is 2.54. The highest BCUT2D eigenvalue weighted by atomic mass is 32.1. The normalized spacial score (nSPS) is 11.6. The van der Waals surface area contributed by atoms with E-state index in [2.05, 4.69) is 217 Å². The number of rotatable bonds is 6. The Balaban J connectivity index is 1.09. The van der Waals surface area contributed by atoms with Crippen LogP contribution >= 0.6 is 11.3 Å². The molecule has 2 heteroatoms. The zero-order chi connectivity index (χ0) is 37.0. The molecule has 0 saturated carbocycles. The first-order valence-corrected chi connectivity index (χ1v) is 20.0. The van der Waals surface area contributed by atoms with Crippen molar-refractivity contribution in [2.45, 2.75) is 0 Å². The van der Waals surface area contributed by atoms with Crippen molar-refractivity contribution in [2.24, 2.45) is 0 Å². The monoisotopic (exact) mass is 729 g/mol.